The van der Waals surface area contributed by atoms with Crippen molar-refractivity contribution in [1.82, 2.24) is 0 Å². The quantitative estimate of drug-likeness (QED) is 0.181. The number of rotatable bonds is 4. The molecule has 0 spiro atoms. The van der Waals surface area contributed by atoms with Crippen molar-refractivity contribution >= 4 is 38.6 Å². The molecule has 3 heterocycles. The molecule has 0 bridgehead atoms. The molecule has 1 saturated heterocycles. The van der Waals surface area contributed by atoms with Gasteiger partial charge < -0.3 is 9.80 Å². The number of benzene rings is 6. The van der Waals surface area contributed by atoms with Crippen LogP contribution < -0.4 is 9.80 Å². The zero-order valence-electron chi connectivity index (χ0n) is 31.6. The molecular formula is C52H44N2. The third kappa shape index (κ3) is 4.17. The van der Waals surface area contributed by atoms with Crippen molar-refractivity contribution in [3.63, 3.8) is 0 Å². The molecule has 5 aliphatic rings. The van der Waals surface area contributed by atoms with Gasteiger partial charge in [-0.05, 0) is 92.6 Å². The smallest absolute Gasteiger partial charge is 0.0570 e. The van der Waals surface area contributed by atoms with Crippen molar-refractivity contribution in [2.45, 2.75) is 63.8 Å². The Bertz CT molecular complexity index is 2750. The number of hydrogen-bond donors (Lipinski definition) is 0. The molecule has 11 rings (SSSR count). The van der Waals surface area contributed by atoms with E-state index in [4.69, 9.17) is 6.58 Å². The second-order valence-electron chi connectivity index (χ2n) is 16.9. The summed E-state index contributed by atoms with van der Waals surface area (Å²) in [5.41, 5.74) is 18.7. The lowest BCUT2D eigenvalue weighted by Crippen LogP contribution is -2.49. The Labute approximate surface area is 318 Å². The number of para-hydroxylation sites is 1. The fourth-order valence-electron chi connectivity index (χ4n) is 10.7. The summed E-state index contributed by atoms with van der Waals surface area (Å²) in [6, 6.07) is 47.4. The first-order valence-electron chi connectivity index (χ1n) is 19.6. The van der Waals surface area contributed by atoms with Crippen LogP contribution >= 0.6 is 0 Å². The van der Waals surface area contributed by atoms with Gasteiger partial charge in [0.05, 0.1) is 23.1 Å². The SMILES string of the molecule is C=C1C2=CCCC3=C2N2C4=C(CC(N(c5ccc(-c6cccc7ccccc67)cc5)c5cccc6ccccc56)C=C14)C(C)(C)c1cccc(c12)C3(C)C. The Hall–Kier alpha value is -5.86. The normalized spacial score (nSPS) is 20.2. The summed E-state index contributed by atoms with van der Waals surface area (Å²) in [6.45, 7) is 14.8. The third-order valence-corrected chi connectivity index (χ3v) is 13.4. The van der Waals surface area contributed by atoms with Gasteiger partial charge in [-0.15, -0.1) is 0 Å². The molecule has 6 aromatic carbocycles. The summed E-state index contributed by atoms with van der Waals surface area (Å²) in [7, 11) is 0. The highest BCUT2D eigenvalue weighted by Gasteiger charge is 2.53. The molecule has 1 unspecified atom stereocenters. The number of anilines is 3. The summed E-state index contributed by atoms with van der Waals surface area (Å²) in [4.78, 5) is 5.31. The van der Waals surface area contributed by atoms with Gasteiger partial charge in [0.15, 0.2) is 0 Å². The first-order chi connectivity index (χ1) is 26.2. The van der Waals surface area contributed by atoms with E-state index in [1.54, 1.807) is 5.57 Å². The Morgan fingerprint density at radius 1 is 0.630 bits per heavy atom. The van der Waals surface area contributed by atoms with E-state index in [9.17, 15) is 0 Å². The maximum absolute atomic E-state index is 4.93. The highest BCUT2D eigenvalue weighted by atomic mass is 15.2. The van der Waals surface area contributed by atoms with Crippen molar-refractivity contribution in [3.8, 4) is 11.1 Å². The van der Waals surface area contributed by atoms with Gasteiger partial charge in [0.1, 0.15) is 0 Å². The summed E-state index contributed by atoms with van der Waals surface area (Å²) < 4.78 is 0. The van der Waals surface area contributed by atoms with E-state index in [2.05, 4.69) is 177 Å². The van der Waals surface area contributed by atoms with Gasteiger partial charge in [-0.2, -0.15) is 0 Å². The minimum atomic E-state index is -0.165. The molecule has 2 nitrogen and oxygen atoms in total. The second kappa shape index (κ2) is 11.1. The van der Waals surface area contributed by atoms with Crippen molar-refractivity contribution in [2.75, 3.05) is 9.80 Å². The number of piperidine rings is 1. The molecule has 2 aliphatic carbocycles. The fourth-order valence-corrected chi connectivity index (χ4v) is 10.7. The van der Waals surface area contributed by atoms with Gasteiger partial charge in [-0.1, -0.05) is 156 Å². The molecule has 3 aliphatic heterocycles. The van der Waals surface area contributed by atoms with Gasteiger partial charge in [-0.3, -0.25) is 0 Å². The number of hydrogen-bond acceptors (Lipinski definition) is 2. The predicted octanol–water partition coefficient (Wildman–Crippen LogP) is 13.4. The van der Waals surface area contributed by atoms with Gasteiger partial charge in [0.2, 0.25) is 0 Å². The van der Waals surface area contributed by atoms with Crippen molar-refractivity contribution in [3.05, 3.63) is 197 Å². The van der Waals surface area contributed by atoms with Gasteiger partial charge in [-0.25, -0.2) is 0 Å². The highest BCUT2D eigenvalue weighted by Crippen LogP contribution is 2.63. The van der Waals surface area contributed by atoms with E-state index >= 15 is 0 Å². The molecule has 0 N–H and O–H groups in total. The van der Waals surface area contributed by atoms with E-state index < -0.39 is 0 Å². The van der Waals surface area contributed by atoms with Crippen LogP contribution in [0.25, 0.3) is 32.7 Å². The maximum atomic E-state index is 4.93. The zero-order chi connectivity index (χ0) is 36.5. The van der Waals surface area contributed by atoms with Crippen LogP contribution in [-0.2, 0) is 10.8 Å². The second-order valence-corrected chi connectivity index (χ2v) is 16.9. The Kier molecular flexibility index (Phi) is 6.50. The molecule has 1 fully saturated rings. The van der Waals surface area contributed by atoms with Crippen LogP contribution in [0.1, 0.15) is 58.1 Å². The molecule has 0 aromatic heterocycles. The lowest BCUT2D eigenvalue weighted by atomic mass is 9.60. The predicted molar refractivity (Wildman–Crippen MR) is 227 cm³/mol. The number of nitrogens with zero attached hydrogens (tertiary/aromatic N) is 2. The molecule has 0 saturated carbocycles. The van der Waals surface area contributed by atoms with E-state index in [0.29, 0.717) is 0 Å². The average molecular weight is 697 g/mol. The summed E-state index contributed by atoms with van der Waals surface area (Å²) in [5, 5.41) is 5.06. The monoisotopic (exact) mass is 696 g/mol. The molecule has 54 heavy (non-hydrogen) atoms. The van der Waals surface area contributed by atoms with Crippen LogP contribution in [0.15, 0.2) is 185 Å². The summed E-state index contributed by atoms with van der Waals surface area (Å²) >= 11 is 0. The number of allylic oxidation sites excluding steroid dienone is 4. The van der Waals surface area contributed by atoms with Crippen LogP contribution in [0, 0.1) is 0 Å². The van der Waals surface area contributed by atoms with Crippen LogP contribution in [0.4, 0.5) is 17.1 Å². The van der Waals surface area contributed by atoms with Crippen molar-refractivity contribution in [1.29, 1.82) is 0 Å². The largest absolute Gasteiger partial charge is 0.334 e. The third-order valence-electron chi connectivity index (χ3n) is 13.4. The molecule has 262 valence electrons. The van der Waals surface area contributed by atoms with E-state index in [0.717, 1.165) is 19.3 Å². The Balaban J connectivity index is 1.12. The fraction of sp³-hybridized carbons (Fsp3) is 0.192. The highest BCUT2D eigenvalue weighted by molar-refractivity contribution is 5.99. The first kappa shape index (κ1) is 31.6. The Morgan fingerprint density at radius 3 is 2.00 bits per heavy atom. The van der Waals surface area contributed by atoms with Gasteiger partial charge in [0.25, 0.3) is 0 Å². The van der Waals surface area contributed by atoms with Gasteiger partial charge in [0, 0.05) is 38.7 Å². The van der Waals surface area contributed by atoms with Crippen LogP contribution in [0.3, 0.4) is 0 Å². The summed E-state index contributed by atoms with van der Waals surface area (Å²) in [6.07, 6.45) is 8.10. The molecular weight excluding hydrogens is 653 g/mol. The van der Waals surface area contributed by atoms with E-state index in [1.165, 1.54) is 94.5 Å². The van der Waals surface area contributed by atoms with Gasteiger partial charge >= 0.3 is 0 Å². The minimum Gasteiger partial charge on any atom is -0.334 e. The minimum absolute atomic E-state index is 0.0348. The van der Waals surface area contributed by atoms with E-state index in [1.807, 2.05) is 0 Å². The molecule has 1 atom stereocenters. The van der Waals surface area contributed by atoms with Crippen LogP contribution in [0.2, 0.25) is 0 Å². The molecule has 0 radical (unpaired) electrons. The average Bonchev–Trinajstić information content (AvgIpc) is 3.20. The molecule has 6 aromatic rings. The maximum Gasteiger partial charge on any atom is 0.0570 e. The lowest BCUT2D eigenvalue weighted by molar-refractivity contribution is 0.517. The van der Waals surface area contributed by atoms with Crippen molar-refractivity contribution < 1.29 is 0 Å². The Morgan fingerprint density at radius 2 is 1.24 bits per heavy atom. The van der Waals surface area contributed by atoms with Crippen LogP contribution in [-0.4, -0.2) is 6.04 Å². The zero-order valence-corrected chi connectivity index (χ0v) is 31.6. The van der Waals surface area contributed by atoms with Crippen LogP contribution in [0.5, 0.6) is 0 Å². The first-order valence-corrected chi connectivity index (χ1v) is 19.6. The van der Waals surface area contributed by atoms with Crippen molar-refractivity contribution in [2.24, 2.45) is 0 Å². The molecule has 0 amide bonds. The topological polar surface area (TPSA) is 6.48 Å². The lowest BCUT2D eigenvalue weighted by Gasteiger charge is -2.57. The molecule has 2 heteroatoms. The van der Waals surface area contributed by atoms with E-state index in [-0.39, 0.29) is 16.9 Å². The number of fused-ring (bicyclic) bond motifs is 2. The standard InChI is InChI=1S/C52H44N2/c1-32-38-20-12-22-43-48(38)54-49-42(32)30-37(31-46(49)52(4,5)45-24-13-23-44(50(45)54)51(43,2)3)53(47-25-11-17-34-15-7-9-19-41(34)47)36-28-26-35(27-29-36)40-21-10-16-33-14-6-8-18-39(33)40/h6-11,13-21,23-30,37H,1,12,22,31H2,2-5H3. The summed E-state index contributed by atoms with van der Waals surface area (Å²) in [5.74, 6) is 0.